The minimum Gasteiger partial charge on any atom is -0.388 e. The second kappa shape index (κ2) is 3.81. The molecule has 2 heterocycles. The van der Waals surface area contributed by atoms with Crippen molar-refractivity contribution in [3.05, 3.63) is 32.9 Å². The lowest BCUT2D eigenvalue weighted by Crippen LogP contribution is -2.38. The third-order valence-corrected chi connectivity index (χ3v) is 2.32. The number of nitrogens with one attached hydrogen (secondary N) is 1. The molecule has 7 nitrogen and oxygen atoms in total. The highest BCUT2D eigenvalue weighted by molar-refractivity contribution is 4.91. The molecule has 0 amide bonds. The fourth-order valence-electron chi connectivity index (χ4n) is 1.48. The third kappa shape index (κ3) is 1.66. The van der Waals surface area contributed by atoms with E-state index in [9.17, 15) is 24.2 Å². The highest BCUT2D eigenvalue weighted by Gasteiger charge is 2.36. The van der Waals surface area contributed by atoms with Crippen LogP contribution in [0.15, 0.2) is 15.8 Å². The number of aliphatic hydroxyl groups is 2. The van der Waals surface area contributed by atoms with Gasteiger partial charge in [-0.25, -0.2) is 4.79 Å². The van der Waals surface area contributed by atoms with E-state index >= 15 is 0 Å². The highest BCUT2D eigenvalue weighted by Crippen LogP contribution is 2.22. The molecule has 0 aliphatic carbocycles. The molecule has 0 bridgehead atoms. The maximum Gasteiger partial charge on any atom is 0.330 e. The van der Waals surface area contributed by atoms with Crippen molar-refractivity contribution in [1.82, 2.24) is 9.55 Å². The van der Waals surface area contributed by atoms with Crippen molar-refractivity contribution in [2.45, 2.75) is 18.4 Å². The van der Waals surface area contributed by atoms with E-state index in [1.54, 1.807) is 4.98 Å². The van der Waals surface area contributed by atoms with Crippen LogP contribution in [0.2, 0.25) is 0 Å². The first-order valence-electron chi connectivity index (χ1n) is 4.49. The monoisotopic (exact) mass is 232 g/mol. The number of rotatable bonds is 1. The molecule has 1 aromatic heterocycles. The summed E-state index contributed by atoms with van der Waals surface area (Å²) in [5.41, 5.74) is -2.06. The molecule has 0 radical (unpaired) electrons. The quantitative estimate of drug-likeness (QED) is 0.515. The Labute approximate surface area is 87.7 Å². The summed E-state index contributed by atoms with van der Waals surface area (Å²) < 4.78 is 18.5. The number of aliphatic hydroxyl groups excluding tert-OH is 2. The topological polar surface area (TPSA) is 105 Å². The molecule has 88 valence electrons. The molecule has 3 atom stereocenters. The van der Waals surface area contributed by atoms with E-state index in [0.717, 1.165) is 0 Å². The number of hydrogen-bond acceptors (Lipinski definition) is 5. The second-order valence-corrected chi connectivity index (χ2v) is 3.43. The van der Waals surface area contributed by atoms with Crippen LogP contribution in [0.3, 0.4) is 0 Å². The van der Waals surface area contributed by atoms with Crippen molar-refractivity contribution in [1.29, 1.82) is 0 Å². The molecular weight excluding hydrogens is 223 g/mol. The lowest BCUT2D eigenvalue weighted by molar-refractivity contribution is -0.0218. The number of halogens is 1. The normalized spacial score (nSPS) is 29.6. The van der Waals surface area contributed by atoms with E-state index in [1.165, 1.54) is 0 Å². The van der Waals surface area contributed by atoms with Crippen LogP contribution in [0.5, 0.6) is 0 Å². The molecule has 3 N–H and O–H groups in total. The molecular formula is C8H9FN2O5. The zero-order valence-electron chi connectivity index (χ0n) is 7.96. The first kappa shape index (κ1) is 11.0. The summed E-state index contributed by atoms with van der Waals surface area (Å²) >= 11 is 0. The van der Waals surface area contributed by atoms with Crippen molar-refractivity contribution >= 4 is 0 Å². The van der Waals surface area contributed by atoms with Crippen LogP contribution in [-0.4, -0.2) is 38.6 Å². The van der Waals surface area contributed by atoms with Gasteiger partial charge < -0.3 is 14.9 Å². The van der Waals surface area contributed by atoms with Gasteiger partial charge in [0.2, 0.25) is 5.82 Å². The van der Waals surface area contributed by atoms with Crippen LogP contribution in [0.25, 0.3) is 0 Å². The predicted molar refractivity (Wildman–Crippen MR) is 48.3 cm³/mol. The lowest BCUT2D eigenvalue weighted by atomic mass is 10.2. The Kier molecular flexibility index (Phi) is 2.62. The maximum absolute atomic E-state index is 12.9. The van der Waals surface area contributed by atoms with E-state index in [1.807, 2.05) is 0 Å². The van der Waals surface area contributed by atoms with Crippen LogP contribution in [0.1, 0.15) is 6.23 Å². The highest BCUT2D eigenvalue weighted by atomic mass is 19.1. The number of ether oxygens (including phenoxy) is 1. The number of H-pyrrole nitrogens is 1. The Morgan fingerprint density at radius 3 is 2.75 bits per heavy atom. The van der Waals surface area contributed by atoms with Gasteiger partial charge in [0, 0.05) is 0 Å². The lowest BCUT2D eigenvalue weighted by Gasteiger charge is -2.16. The maximum atomic E-state index is 12.9. The van der Waals surface area contributed by atoms with Crippen molar-refractivity contribution in [3.63, 3.8) is 0 Å². The number of aromatic amines is 1. The second-order valence-electron chi connectivity index (χ2n) is 3.43. The van der Waals surface area contributed by atoms with E-state index in [2.05, 4.69) is 0 Å². The summed E-state index contributed by atoms with van der Waals surface area (Å²) in [4.78, 5) is 23.8. The van der Waals surface area contributed by atoms with Gasteiger partial charge in [0.05, 0.1) is 12.8 Å². The van der Waals surface area contributed by atoms with E-state index in [0.29, 0.717) is 10.8 Å². The van der Waals surface area contributed by atoms with E-state index in [4.69, 9.17) is 4.74 Å². The Morgan fingerprint density at radius 1 is 1.50 bits per heavy atom. The van der Waals surface area contributed by atoms with Crippen LogP contribution in [-0.2, 0) is 4.74 Å². The molecule has 1 aromatic rings. The zero-order valence-corrected chi connectivity index (χ0v) is 7.96. The molecule has 1 aliphatic heterocycles. The Bertz CT molecular complexity index is 510. The van der Waals surface area contributed by atoms with Crippen molar-refractivity contribution in [3.8, 4) is 0 Å². The average Bonchev–Trinajstić information content (AvgIpc) is 2.54. The predicted octanol–water partition coefficient (Wildman–Crippen LogP) is -2.07. The first-order valence-corrected chi connectivity index (χ1v) is 4.49. The summed E-state index contributed by atoms with van der Waals surface area (Å²) in [6.45, 7) is -0.168. The standard InChI is InChI=1S/C8H9FN2O5/c9-3-1-11(8(15)10-6(3)14)7-5(13)4(12)2-16-7/h1,4-5,7,12-13H,2H2,(H,10,14,15)/t4-,5-,7+/m0/s1. The molecule has 0 aromatic carbocycles. The molecule has 1 saturated heterocycles. The van der Waals surface area contributed by atoms with Crippen LogP contribution >= 0.6 is 0 Å². The number of hydrogen-bond donors (Lipinski definition) is 3. The first-order chi connectivity index (χ1) is 7.50. The zero-order chi connectivity index (χ0) is 11.9. The van der Waals surface area contributed by atoms with Gasteiger partial charge in [-0.2, -0.15) is 4.39 Å². The summed E-state index contributed by atoms with van der Waals surface area (Å²) in [6.07, 6.45) is -3.06. The largest absolute Gasteiger partial charge is 0.388 e. The number of aromatic nitrogens is 2. The molecule has 0 spiro atoms. The van der Waals surface area contributed by atoms with Crippen molar-refractivity contribution in [2.75, 3.05) is 6.61 Å². The minimum absolute atomic E-state index is 0.168. The Hall–Kier alpha value is -1.51. The van der Waals surface area contributed by atoms with Gasteiger partial charge in [0.15, 0.2) is 6.23 Å². The van der Waals surface area contributed by atoms with E-state index in [-0.39, 0.29) is 6.61 Å². The molecule has 1 aliphatic rings. The van der Waals surface area contributed by atoms with Gasteiger partial charge in [-0.1, -0.05) is 0 Å². The van der Waals surface area contributed by atoms with Gasteiger partial charge in [-0.3, -0.25) is 14.3 Å². The minimum atomic E-state index is -1.34. The molecule has 2 rings (SSSR count). The molecule has 1 fully saturated rings. The van der Waals surface area contributed by atoms with Gasteiger partial charge in [-0.05, 0) is 0 Å². The SMILES string of the molecule is O=c1[nH]c(=O)n([C@@H]2OC[C@H](O)[C@@H]2O)cc1F. The molecule has 16 heavy (non-hydrogen) atoms. The van der Waals surface area contributed by atoms with Gasteiger partial charge in [0.1, 0.15) is 12.2 Å². The summed E-state index contributed by atoms with van der Waals surface area (Å²) in [6, 6.07) is 0. The van der Waals surface area contributed by atoms with Gasteiger partial charge in [-0.15, -0.1) is 0 Å². The summed E-state index contributed by atoms with van der Waals surface area (Å²) in [5.74, 6) is -1.17. The fourth-order valence-corrected chi connectivity index (χ4v) is 1.48. The van der Waals surface area contributed by atoms with Crippen LogP contribution < -0.4 is 11.2 Å². The summed E-state index contributed by atoms with van der Waals surface area (Å²) in [5, 5.41) is 18.6. The smallest absolute Gasteiger partial charge is 0.330 e. The average molecular weight is 232 g/mol. The molecule has 0 saturated carbocycles. The van der Waals surface area contributed by atoms with Crippen LogP contribution in [0.4, 0.5) is 4.39 Å². The fraction of sp³-hybridized carbons (Fsp3) is 0.500. The third-order valence-electron chi connectivity index (χ3n) is 2.32. The summed E-state index contributed by atoms with van der Waals surface area (Å²) in [7, 11) is 0. The van der Waals surface area contributed by atoms with Crippen LogP contribution in [0, 0.1) is 5.82 Å². The van der Waals surface area contributed by atoms with Gasteiger partial charge >= 0.3 is 5.69 Å². The van der Waals surface area contributed by atoms with Crippen molar-refractivity contribution in [2.24, 2.45) is 0 Å². The number of nitrogens with zero attached hydrogens (tertiary/aromatic N) is 1. The Morgan fingerprint density at radius 2 is 2.19 bits per heavy atom. The molecule has 8 heteroatoms. The Balaban J connectivity index is 2.45. The molecule has 0 unspecified atom stereocenters. The van der Waals surface area contributed by atoms with Gasteiger partial charge in [0.25, 0.3) is 5.56 Å². The van der Waals surface area contributed by atoms with Crippen molar-refractivity contribution < 1.29 is 19.3 Å². The van der Waals surface area contributed by atoms with E-state index < -0.39 is 35.5 Å².